The summed E-state index contributed by atoms with van der Waals surface area (Å²) in [6.07, 6.45) is 6.32. The van der Waals surface area contributed by atoms with Gasteiger partial charge in [-0.3, -0.25) is 4.98 Å². The molecule has 1 aromatic carbocycles. The molecule has 0 unspecified atom stereocenters. The molecule has 0 amide bonds. The van der Waals surface area contributed by atoms with Crippen molar-refractivity contribution in [3.63, 3.8) is 0 Å². The predicted octanol–water partition coefficient (Wildman–Crippen LogP) is 1.09. The van der Waals surface area contributed by atoms with Crippen molar-refractivity contribution in [3.8, 4) is 16.9 Å². The number of nitrogens with one attached hydrogen (secondary N) is 1. The van der Waals surface area contributed by atoms with Crippen LogP contribution in [0.15, 0.2) is 49.2 Å². The molecule has 9 nitrogen and oxygen atoms in total. The first-order valence-corrected chi connectivity index (χ1v) is 8.64. The molecule has 11 heteroatoms. The van der Waals surface area contributed by atoms with Gasteiger partial charge in [0.2, 0.25) is 5.28 Å². The summed E-state index contributed by atoms with van der Waals surface area (Å²) >= 11 is 6.03. The molecule has 4 aromatic heterocycles. The molecule has 3 N–H and O–H groups in total. The Bertz CT molecular complexity index is 1330. The lowest BCUT2D eigenvalue weighted by molar-refractivity contribution is 0.425. The summed E-state index contributed by atoms with van der Waals surface area (Å²) in [4.78, 5) is 19.6. The van der Waals surface area contributed by atoms with E-state index in [0.29, 0.717) is 22.4 Å². The Morgan fingerprint density at radius 3 is 2.79 bits per heavy atom. The molecule has 0 aliphatic heterocycles. The monoisotopic (exact) mass is 391 g/mol. The molecule has 0 spiro atoms. The van der Waals surface area contributed by atoms with E-state index in [2.05, 4.69) is 30.0 Å². The summed E-state index contributed by atoms with van der Waals surface area (Å²) in [5.41, 5.74) is 3.87. The van der Waals surface area contributed by atoms with Gasteiger partial charge in [0.25, 0.3) is 0 Å². The third-order valence-electron chi connectivity index (χ3n) is 4.40. The van der Waals surface area contributed by atoms with E-state index in [-0.39, 0.29) is 5.28 Å². The highest BCUT2D eigenvalue weighted by molar-refractivity contribution is 6.58. The quantitative estimate of drug-likeness (QED) is 0.310. The first-order chi connectivity index (χ1) is 13.6. The molecule has 5 rings (SSSR count). The molecular weight excluding hydrogens is 380 g/mol. The van der Waals surface area contributed by atoms with Crippen LogP contribution in [0, 0.1) is 0 Å². The zero-order valence-electron chi connectivity index (χ0n) is 14.2. The maximum absolute atomic E-state index is 9.36. The third-order valence-corrected chi connectivity index (χ3v) is 4.57. The van der Waals surface area contributed by atoms with Crippen molar-refractivity contribution in [2.75, 3.05) is 0 Å². The van der Waals surface area contributed by atoms with Crippen LogP contribution < -0.4 is 5.46 Å². The Balaban J connectivity index is 1.65. The predicted molar refractivity (Wildman–Crippen MR) is 104 cm³/mol. The summed E-state index contributed by atoms with van der Waals surface area (Å²) in [7, 11) is -1.57. The first-order valence-electron chi connectivity index (χ1n) is 8.26. The highest BCUT2D eigenvalue weighted by Crippen LogP contribution is 2.26. The Kier molecular flexibility index (Phi) is 3.83. The fourth-order valence-corrected chi connectivity index (χ4v) is 3.24. The van der Waals surface area contributed by atoms with Crippen LogP contribution in [0.25, 0.3) is 39.0 Å². The molecule has 0 aliphatic rings. The largest absolute Gasteiger partial charge is 0.490 e. The molecule has 4 heterocycles. The summed E-state index contributed by atoms with van der Waals surface area (Å²) in [6, 6.07) is 7.42. The zero-order chi connectivity index (χ0) is 19.3. The van der Waals surface area contributed by atoms with Crippen LogP contribution in [0.5, 0.6) is 0 Å². The summed E-state index contributed by atoms with van der Waals surface area (Å²) in [6.45, 7) is 0. The van der Waals surface area contributed by atoms with Crippen LogP contribution >= 0.6 is 11.6 Å². The Labute approximate surface area is 162 Å². The Hall–Kier alpha value is -3.34. The molecule has 0 saturated heterocycles. The van der Waals surface area contributed by atoms with Crippen LogP contribution in [0.3, 0.4) is 0 Å². The number of halogens is 1. The second kappa shape index (κ2) is 6.38. The van der Waals surface area contributed by atoms with Crippen molar-refractivity contribution in [1.29, 1.82) is 0 Å². The van der Waals surface area contributed by atoms with Gasteiger partial charge in [0.1, 0.15) is 5.52 Å². The number of H-pyrrole nitrogens is 1. The molecule has 5 aromatic rings. The molecule has 136 valence electrons. The molecule has 0 radical (unpaired) electrons. The molecule has 0 bridgehead atoms. The SMILES string of the molecule is OB(O)c1cncc(-c2ccc3c(cnn3-c3nc(Cl)nc4nc[nH]c34)c2)c1. The number of imidazole rings is 1. The van der Waals surface area contributed by atoms with Gasteiger partial charge in [-0.15, -0.1) is 0 Å². The minimum absolute atomic E-state index is 0.0836. The van der Waals surface area contributed by atoms with Gasteiger partial charge in [-0.2, -0.15) is 15.1 Å². The van der Waals surface area contributed by atoms with Crippen molar-refractivity contribution < 1.29 is 10.0 Å². The fraction of sp³-hybridized carbons (Fsp3) is 0. The van der Waals surface area contributed by atoms with E-state index in [0.717, 1.165) is 22.0 Å². The highest BCUT2D eigenvalue weighted by Gasteiger charge is 2.16. The summed E-state index contributed by atoms with van der Waals surface area (Å²) in [5, 5.41) is 24.1. The van der Waals surface area contributed by atoms with Crippen molar-refractivity contribution in [2.45, 2.75) is 0 Å². The maximum Gasteiger partial charge on any atom is 0.490 e. The number of pyridine rings is 1. The molecule has 0 fully saturated rings. The molecule has 0 aliphatic carbocycles. The van der Waals surface area contributed by atoms with Crippen molar-refractivity contribution >= 4 is 46.2 Å². The molecule has 0 atom stereocenters. The summed E-state index contributed by atoms with van der Waals surface area (Å²) in [5.74, 6) is 0.502. The lowest BCUT2D eigenvalue weighted by atomic mass is 9.80. The van der Waals surface area contributed by atoms with E-state index < -0.39 is 7.12 Å². The maximum atomic E-state index is 9.36. The minimum atomic E-state index is -1.57. The number of benzene rings is 1. The number of aromatic nitrogens is 7. The zero-order valence-corrected chi connectivity index (χ0v) is 14.9. The van der Waals surface area contributed by atoms with Crippen LogP contribution in [-0.2, 0) is 0 Å². The van der Waals surface area contributed by atoms with Crippen LogP contribution in [0.1, 0.15) is 0 Å². The molecular formula is C17H11BClN7O2. The van der Waals surface area contributed by atoms with Crippen molar-refractivity contribution in [1.82, 2.24) is 34.7 Å². The second-order valence-corrected chi connectivity index (χ2v) is 6.47. The highest BCUT2D eigenvalue weighted by atomic mass is 35.5. The van der Waals surface area contributed by atoms with Crippen LogP contribution in [0.4, 0.5) is 0 Å². The molecule has 0 saturated carbocycles. The van der Waals surface area contributed by atoms with Crippen molar-refractivity contribution in [3.05, 3.63) is 54.5 Å². The number of aromatic amines is 1. The standard InChI is InChI=1S/C17H11BClN7O2/c19-17-24-15-14(21-8-22-15)16(25-17)26-13-2-1-9(3-11(13)6-23-26)10-4-12(18(27)28)7-20-5-10/h1-8,27-28H,(H,21,22,24,25). The van der Waals surface area contributed by atoms with E-state index in [4.69, 9.17) is 11.6 Å². The van der Waals surface area contributed by atoms with Gasteiger partial charge >= 0.3 is 7.12 Å². The van der Waals surface area contributed by atoms with Crippen LogP contribution in [0.2, 0.25) is 5.28 Å². The summed E-state index contributed by atoms with van der Waals surface area (Å²) < 4.78 is 1.67. The topological polar surface area (TPSA) is 126 Å². The van der Waals surface area contributed by atoms with E-state index >= 15 is 0 Å². The fourth-order valence-electron chi connectivity index (χ4n) is 3.08. The van der Waals surface area contributed by atoms with E-state index in [1.54, 1.807) is 23.1 Å². The van der Waals surface area contributed by atoms with Gasteiger partial charge in [-0.1, -0.05) is 12.1 Å². The van der Waals surface area contributed by atoms with E-state index in [1.165, 1.54) is 12.5 Å². The number of rotatable bonds is 3. The lowest BCUT2D eigenvalue weighted by Crippen LogP contribution is -2.30. The number of fused-ring (bicyclic) bond motifs is 2. The third kappa shape index (κ3) is 2.71. The van der Waals surface area contributed by atoms with Gasteiger partial charge in [0.05, 0.1) is 18.0 Å². The van der Waals surface area contributed by atoms with Crippen molar-refractivity contribution in [2.24, 2.45) is 0 Å². The van der Waals surface area contributed by atoms with E-state index in [1.807, 2.05) is 18.2 Å². The lowest BCUT2D eigenvalue weighted by Gasteiger charge is -2.06. The normalized spacial score (nSPS) is 11.4. The second-order valence-electron chi connectivity index (χ2n) is 6.13. The van der Waals surface area contributed by atoms with Gasteiger partial charge in [0.15, 0.2) is 11.5 Å². The van der Waals surface area contributed by atoms with Gasteiger partial charge < -0.3 is 15.0 Å². The smallest absolute Gasteiger partial charge is 0.423 e. The van der Waals surface area contributed by atoms with Crippen LogP contribution in [-0.4, -0.2) is 51.9 Å². The van der Waals surface area contributed by atoms with E-state index in [9.17, 15) is 10.0 Å². The van der Waals surface area contributed by atoms with Gasteiger partial charge in [0, 0.05) is 23.2 Å². The number of nitrogens with zero attached hydrogens (tertiary/aromatic N) is 6. The average molecular weight is 392 g/mol. The number of hydrogen-bond acceptors (Lipinski definition) is 7. The first kappa shape index (κ1) is 16.8. The number of hydrogen-bond donors (Lipinski definition) is 3. The van der Waals surface area contributed by atoms with Gasteiger partial charge in [-0.05, 0) is 34.9 Å². The Morgan fingerprint density at radius 2 is 1.93 bits per heavy atom. The van der Waals surface area contributed by atoms with Gasteiger partial charge in [-0.25, -0.2) is 9.67 Å². The minimum Gasteiger partial charge on any atom is -0.423 e. The Morgan fingerprint density at radius 1 is 1.04 bits per heavy atom. The molecule has 28 heavy (non-hydrogen) atoms. The average Bonchev–Trinajstić information content (AvgIpc) is 3.33.